The molecule has 0 bridgehead atoms. The van der Waals surface area contributed by atoms with Gasteiger partial charge in [0.25, 0.3) is 0 Å². The summed E-state index contributed by atoms with van der Waals surface area (Å²) in [5, 5.41) is 2.68. The smallest absolute Gasteiger partial charge is 0.243 e. The lowest BCUT2D eigenvalue weighted by molar-refractivity contribution is -0.116. The average molecular weight is 156 g/mol. The number of amides is 1. The van der Waals surface area contributed by atoms with Crippen LogP contribution >= 0.6 is 0 Å². The summed E-state index contributed by atoms with van der Waals surface area (Å²) in [5.41, 5.74) is 5.58. The van der Waals surface area contributed by atoms with E-state index in [0.717, 1.165) is 6.42 Å². The quantitative estimate of drug-likeness (QED) is 0.579. The van der Waals surface area contributed by atoms with Crippen LogP contribution in [0, 0.1) is 0 Å². The van der Waals surface area contributed by atoms with Gasteiger partial charge in [-0.3, -0.25) is 4.79 Å². The highest BCUT2D eigenvalue weighted by Gasteiger charge is 1.99. The normalized spacial score (nSPS) is 13.4. The van der Waals surface area contributed by atoms with E-state index < -0.39 is 0 Å². The summed E-state index contributed by atoms with van der Waals surface area (Å²) in [7, 11) is 0. The Hall–Kier alpha value is -0.830. The molecule has 0 aliphatic rings. The van der Waals surface area contributed by atoms with Crippen LogP contribution in [0.25, 0.3) is 0 Å². The molecule has 0 saturated heterocycles. The lowest BCUT2D eigenvalue weighted by atomic mass is 10.2. The van der Waals surface area contributed by atoms with Crippen LogP contribution in [0.2, 0.25) is 0 Å². The molecule has 3 heteroatoms. The Labute approximate surface area is 67.7 Å². The molecule has 1 amide bonds. The summed E-state index contributed by atoms with van der Waals surface area (Å²) in [6, 6.07) is 0.0733. The van der Waals surface area contributed by atoms with Gasteiger partial charge in [0.1, 0.15) is 0 Å². The van der Waals surface area contributed by atoms with Crippen molar-refractivity contribution in [3.05, 3.63) is 12.2 Å². The topological polar surface area (TPSA) is 55.1 Å². The Morgan fingerprint density at radius 3 is 2.82 bits per heavy atom. The summed E-state index contributed by atoms with van der Waals surface area (Å²) in [6.07, 6.45) is 4.07. The van der Waals surface area contributed by atoms with Crippen molar-refractivity contribution >= 4 is 5.91 Å². The lowest BCUT2D eigenvalue weighted by Gasteiger charge is -2.07. The van der Waals surface area contributed by atoms with Crippen LogP contribution in [-0.4, -0.2) is 18.5 Å². The van der Waals surface area contributed by atoms with Crippen molar-refractivity contribution in [2.24, 2.45) is 5.73 Å². The van der Waals surface area contributed by atoms with Crippen molar-refractivity contribution in [3.63, 3.8) is 0 Å². The second-order valence-electron chi connectivity index (χ2n) is 2.41. The van der Waals surface area contributed by atoms with Gasteiger partial charge in [0.2, 0.25) is 5.91 Å². The third-order valence-electron chi connectivity index (χ3n) is 1.38. The van der Waals surface area contributed by atoms with Gasteiger partial charge in [-0.05, 0) is 19.4 Å². The van der Waals surface area contributed by atoms with Crippen LogP contribution in [0.5, 0.6) is 0 Å². The molecular formula is C8H16N2O. The SMILES string of the molecule is CC=CC(=O)NCC(N)CC. The van der Waals surface area contributed by atoms with Crippen LogP contribution in [0.15, 0.2) is 12.2 Å². The average Bonchev–Trinajstić information content (AvgIpc) is 2.01. The van der Waals surface area contributed by atoms with Gasteiger partial charge in [0, 0.05) is 12.6 Å². The molecule has 0 aromatic rings. The van der Waals surface area contributed by atoms with E-state index in [4.69, 9.17) is 5.73 Å². The zero-order valence-corrected chi connectivity index (χ0v) is 7.13. The van der Waals surface area contributed by atoms with Crippen molar-refractivity contribution in [3.8, 4) is 0 Å². The fraction of sp³-hybridized carbons (Fsp3) is 0.625. The zero-order chi connectivity index (χ0) is 8.69. The van der Waals surface area contributed by atoms with Gasteiger partial charge >= 0.3 is 0 Å². The molecule has 0 aliphatic carbocycles. The highest BCUT2D eigenvalue weighted by Crippen LogP contribution is 1.82. The van der Waals surface area contributed by atoms with E-state index in [-0.39, 0.29) is 11.9 Å². The lowest BCUT2D eigenvalue weighted by Crippen LogP contribution is -2.35. The maximum atomic E-state index is 10.8. The van der Waals surface area contributed by atoms with Gasteiger partial charge in [0.05, 0.1) is 0 Å². The largest absolute Gasteiger partial charge is 0.351 e. The predicted molar refractivity (Wildman–Crippen MR) is 46.1 cm³/mol. The summed E-state index contributed by atoms with van der Waals surface area (Å²) in [4.78, 5) is 10.8. The highest BCUT2D eigenvalue weighted by atomic mass is 16.1. The molecule has 0 aliphatic heterocycles. The zero-order valence-electron chi connectivity index (χ0n) is 7.13. The van der Waals surface area contributed by atoms with Gasteiger partial charge in [-0.1, -0.05) is 13.0 Å². The molecule has 0 radical (unpaired) electrons. The second kappa shape index (κ2) is 5.92. The van der Waals surface area contributed by atoms with Gasteiger partial charge in [-0.15, -0.1) is 0 Å². The van der Waals surface area contributed by atoms with Crippen molar-refractivity contribution in [1.29, 1.82) is 0 Å². The molecule has 0 saturated carbocycles. The van der Waals surface area contributed by atoms with Crippen LogP contribution in [0.4, 0.5) is 0 Å². The van der Waals surface area contributed by atoms with Gasteiger partial charge in [0.15, 0.2) is 0 Å². The summed E-state index contributed by atoms with van der Waals surface area (Å²) in [6.45, 7) is 4.35. The highest BCUT2D eigenvalue weighted by molar-refractivity contribution is 5.87. The molecule has 11 heavy (non-hydrogen) atoms. The molecule has 1 unspecified atom stereocenters. The molecule has 64 valence electrons. The number of allylic oxidation sites excluding steroid dienone is 1. The molecule has 0 rings (SSSR count). The van der Waals surface area contributed by atoms with Crippen molar-refractivity contribution in [2.75, 3.05) is 6.54 Å². The van der Waals surface area contributed by atoms with Crippen molar-refractivity contribution < 1.29 is 4.79 Å². The summed E-state index contributed by atoms with van der Waals surface area (Å²) >= 11 is 0. The van der Waals surface area contributed by atoms with E-state index in [1.807, 2.05) is 6.92 Å². The molecule has 0 aromatic carbocycles. The van der Waals surface area contributed by atoms with E-state index in [9.17, 15) is 4.79 Å². The summed E-state index contributed by atoms with van der Waals surface area (Å²) < 4.78 is 0. The molecule has 0 aromatic heterocycles. The summed E-state index contributed by atoms with van der Waals surface area (Å²) in [5.74, 6) is -0.0728. The van der Waals surface area contributed by atoms with Gasteiger partial charge < -0.3 is 11.1 Å². The molecule has 0 fully saturated rings. The fourth-order valence-electron chi connectivity index (χ4n) is 0.586. The molecule has 3 N–H and O–H groups in total. The standard InChI is InChI=1S/C8H16N2O/c1-3-5-8(11)10-6-7(9)4-2/h3,5,7H,4,6,9H2,1-2H3,(H,10,11). The number of carbonyl (C=O) groups excluding carboxylic acids is 1. The minimum absolute atomic E-state index is 0.0728. The second-order valence-corrected chi connectivity index (χ2v) is 2.41. The van der Waals surface area contributed by atoms with Crippen molar-refractivity contribution in [1.82, 2.24) is 5.32 Å². The molecular weight excluding hydrogens is 140 g/mol. The Balaban J connectivity index is 3.45. The molecule has 0 heterocycles. The maximum absolute atomic E-state index is 10.8. The van der Waals surface area contributed by atoms with Crippen LogP contribution in [0.3, 0.4) is 0 Å². The first kappa shape index (κ1) is 10.2. The first-order chi connectivity index (χ1) is 5.20. The molecule has 0 spiro atoms. The third kappa shape index (κ3) is 5.61. The number of rotatable bonds is 4. The number of carbonyl (C=O) groups is 1. The minimum Gasteiger partial charge on any atom is -0.351 e. The Morgan fingerprint density at radius 2 is 2.36 bits per heavy atom. The van der Waals surface area contributed by atoms with Gasteiger partial charge in [-0.25, -0.2) is 0 Å². The number of hydrogen-bond acceptors (Lipinski definition) is 2. The minimum atomic E-state index is -0.0728. The van der Waals surface area contributed by atoms with E-state index in [1.165, 1.54) is 6.08 Å². The first-order valence-corrected chi connectivity index (χ1v) is 3.86. The van der Waals surface area contributed by atoms with E-state index in [0.29, 0.717) is 6.54 Å². The third-order valence-corrected chi connectivity index (χ3v) is 1.38. The van der Waals surface area contributed by atoms with Gasteiger partial charge in [-0.2, -0.15) is 0 Å². The van der Waals surface area contributed by atoms with Crippen LogP contribution < -0.4 is 11.1 Å². The predicted octanol–water partition coefficient (Wildman–Crippen LogP) is 0.416. The maximum Gasteiger partial charge on any atom is 0.243 e. The Bertz CT molecular complexity index is 143. The van der Waals surface area contributed by atoms with E-state index in [2.05, 4.69) is 5.32 Å². The fourth-order valence-corrected chi connectivity index (χ4v) is 0.586. The van der Waals surface area contributed by atoms with Crippen LogP contribution in [-0.2, 0) is 4.79 Å². The number of nitrogens with two attached hydrogens (primary N) is 1. The molecule has 3 nitrogen and oxygen atoms in total. The first-order valence-electron chi connectivity index (χ1n) is 3.86. The van der Waals surface area contributed by atoms with E-state index >= 15 is 0 Å². The van der Waals surface area contributed by atoms with E-state index in [1.54, 1.807) is 13.0 Å². The number of nitrogens with one attached hydrogen (secondary N) is 1. The van der Waals surface area contributed by atoms with Crippen LogP contribution in [0.1, 0.15) is 20.3 Å². The monoisotopic (exact) mass is 156 g/mol. The molecule has 1 atom stereocenters. The Kier molecular flexibility index (Phi) is 5.47. The number of hydrogen-bond donors (Lipinski definition) is 2. The Morgan fingerprint density at radius 1 is 1.73 bits per heavy atom. The van der Waals surface area contributed by atoms with Crippen molar-refractivity contribution in [2.45, 2.75) is 26.3 Å².